The number of methoxy groups -OCH3 is 1. The minimum atomic E-state index is -1.93. The summed E-state index contributed by atoms with van der Waals surface area (Å²) in [5, 5.41) is 7.95. The average Bonchev–Trinajstić information content (AvgIpc) is 3.15. The third-order valence-corrected chi connectivity index (χ3v) is 4.08. The van der Waals surface area contributed by atoms with Crippen LogP contribution in [-0.4, -0.2) is 34.1 Å². The summed E-state index contributed by atoms with van der Waals surface area (Å²) in [6.45, 7) is 0. The van der Waals surface area contributed by atoms with Crippen LogP contribution in [0, 0.1) is 0 Å². The minimum absolute atomic E-state index is 0.00224. The zero-order valence-electron chi connectivity index (χ0n) is 13.8. The average molecular weight is 451 g/mol. The number of alkyl halides is 3. The number of hydrogen-bond acceptors (Lipinski definition) is 5. The van der Waals surface area contributed by atoms with Crippen molar-refractivity contribution in [3.63, 3.8) is 0 Å². The van der Waals surface area contributed by atoms with E-state index < -0.39 is 21.8 Å². The third kappa shape index (κ3) is 6.00. The molecule has 1 amide bonds. The summed E-state index contributed by atoms with van der Waals surface area (Å²) in [5.41, 5.74) is 0.636. The number of anilines is 1. The standard InChI is InChI=1S/C16H14Cl3N3O4S/c1-25-13(24)9-5-2-3-6-10(9)20-15(27)22-14(16(17,18)19)21-12(23)11-7-4-8-26-11/h2-8,14H,1H3,(H,21,23)(H2,20,22,27)/t14-/m0/s1. The van der Waals surface area contributed by atoms with Gasteiger partial charge in [0, 0.05) is 0 Å². The molecule has 2 rings (SSSR count). The van der Waals surface area contributed by atoms with Crippen LogP contribution in [0.4, 0.5) is 5.69 Å². The Balaban J connectivity index is 2.11. The molecule has 27 heavy (non-hydrogen) atoms. The molecule has 0 spiro atoms. The number of carbonyl (C=O) groups is 2. The van der Waals surface area contributed by atoms with Gasteiger partial charge in [-0.3, -0.25) is 4.79 Å². The van der Waals surface area contributed by atoms with E-state index in [0.29, 0.717) is 5.69 Å². The summed E-state index contributed by atoms with van der Waals surface area (Å²) in [6, 6.07) is 9.54. The molecule has 0 aliphatic rings. The van der Waals surface area contributed by atoms with Gasteiger partial charge in [0.05, 0.1) is 24.6 Å². The first kappa shape index (κ1) is 21.3. The molecule has 1 heterocycles. The fourth-order valence-electron chi connectivity index (χ4n) is 1.98. The topological polar surface area (TPSA) is 92.6 Å². The fourth-order valence-corrected chi connectivity index (χ4v) is 2.53. The minimum Gasteiger partial charge on any atom is -0.465 e. The number of nitrogens with one attached hydrogen (secondary N) is 3. The van der Waals surface area contributed by atoms with Crippen LogP contribution in [-0.2, 0) is 4.74 Å². The number of esters is 1. The Morgan fingerprint density at radius 1 is 1.15 bits per heavy atom. The van der Waals surface area contributed by atoms with Gasteiger partial charge in [-0.05, 0) is 36.5 Å². The first-order chi connectivity index (χ1) is 12.7. The Hall–Kier alpha value is -2.00. The number of ether oxygens (including phenoxy) is 1. The van der Waals surface area contributed by atoms with E-state index in [9.17, 15) is 9.59 Å². The van der Waals surface area contributed by atoms with E-state index in [0.717, 1.165) is 0 Å². The van der Waals surface area contributed by atoms with Crippen LogP contribution in [0.1, 0.15) is 20.9 Å². The number of rotatable bonds is 5. The Bertz CT molecular complexity index is 825. The zero-order chi connectivity index (χ0) is 20.0. The number of hydrogen-bond donors (Lipinski definition) is 3. The van der Waals surface area contributed by atoms with Crippen molar-refractivity contribution in [2.75, 3.05) is 12.4 Å². The SMILES string of the molecule is COC(=O)c1ccccc1NC(=S)N[C@H](NC(=O)c1ccco1)C(Cl)(Cl)Cl. The van der Waals surface area contributed by atoms with Gasteiger partial charge in [-0.2, -0.15) is 0 Å². The van der Waals surface area contributed by atoms with Crippen molar-refractivity contribution in [2.45, 2.75) is 9.96 Å². The molecule has 0 unspecified atom stereocenters. The lowest BCUT2D eigenvalue weighted by atomic mass is 10.2. The molecule has 0 saturated carbocycles. The second-order valence-corrected chi connectivity index (χ2v) is 7.84. The zero-order valence-corrected chi connectivity index (χ0v) is 16.9. The van der Waals surface area contributed by atoms with E-state index >= 15 is 0 Å². The highest BCUT2D eigenvalue weighted by molar-refractivity contribution is 7.80. The predicted molar refractivity (Wildman–Crippen MR) is 107 cm³/mol. The fraction of sp³-hybridized carbons (Fsp3) is 0.188. The number of benzene rings is 1. The van der Waals surface area contributed by atoms with Gasteiger partial charge in [0.1, 0.15) is 6.17 Å². The molecule has 0 aliphatic heterocycles. The summed E-state index contributed by atoms with van der Waals surface area (Å²) < 4.78 is 7.77. The van der Waals surface area contributed by atoms with E-state index in [-0.39, 0.29) is 16.4 Å². The molecule has 0 fully saturated rings. The Morgan fingerprint density at radius 3 is 2.44 bits per heavy atom. The molecule has 0 radical (unpaired) electrons. The lowest BCUT2D eigenvalue weighted by Crippen LogP contribution is -2.56. The molecule has 1 aromatic carbocycles. The van der Waals surface area contributed by atoms with Gasteiger partial charge in [-0.1, -0.05) is 46.9 Å². The van der Waals surface area contributed by atoms with Gasteiger partial charge in [0.2, 0.25) is 3.79 Å². The molecule has 3 N–H and O–H groups in total. The molecule has 0 saturated heterocycles. The molecule has 0 aliphatic carbocycles. The van der Waals surface area contributed by atoms with Gasteiger partial charge < -0.3 is 25.1 Å². The summed E-state index contributed by atoms with van der Waals surface area (Å²) >= 11 is 22.9. The summed E-state index contributed by atoms with van der Waals surface area (Å²) in [7, 11) is 1.26. The lowest BCUT2D eigenvalue weighted by molar-refractivity contribution is 0.0601. The number of amides is 1. The maximum Gasteiger partial charge on any atom is 0.339 e. The van der Waals surface area contributed by atoms with Crippen LogP contribution in [0.25, 0.3) is 0 Å². The Morgan fingerprint density at radius 2 is 1.85 bits per heavy atom. The summed E-state index contributed by atoms with van der Waals surface area (Å²) in [4.78, 5) is 24.0. The van der Waals surface area contributed by atoms with Crippen LogP contribution in [0.3, 0.4) is 0 Å². The van der Waals surface area contributed by atoms with Crippen LogP contribution in [0.2, 0.25) is 0 Å². The first-order valence-electron chi connectivity index (χ1n) is 7.38. The first-order valence-corrected chi connectivity index (χ1v) is 8.92. The van der Waals surface area contributed by atoms with Crippen molar-refractivity contribution in [1.29, 1.82) is 0 Å². The number of halogens is 3. The molecular formula is C16H14Cl3N3O4S. The second kappa shape index (κ2) is 9.27. The van der Waals surface area contributed by atoms with Crippen molar-refractivity contribution in [2.24, 2.45) is 0 Å². The van der Waals surface area contributed by atoms with Gasteiger partial charge >= 0.3 is 5.97 Å². The van der Waals surface area contributed by atoms with Crippen molar-refractivity contribution in [1.82, 2.24) is 10.6 Å². The van der Waals surface area contributed by atoms with Crippen LogP contribution < -0.4 is 16.0 Å². The van der Waals surface area contributed by atoms with E-state index in [2.05, 4.69) is 16.0 Å². The monoisotopic (exact) mass is 449 g/mol. The molecule has 7 nitrogen and oxygen atoms in total. The van der Waals surface area contributed by atoms with Crippen LogP contribution in [0.5, 0.6) is 0 Å². The summed E-state index contributed by atoms with van der Waals surface area (Å²) in [5.74, 6) is -1.13. The van der Waals surface area contributed by atoms with Gasteiger partial charge in [0.25, 0.3) is 5.91 Å². The van der Waals surface area contributed by atoms with Gasteiger partial charge in [-0.15, -0.1) is 0 Å². The van der Waals surface area contributed by atoms with E-state index in [1.54, 1.807) is 30.3 Å². The number of para-hydroxylation sites is 1. The van der Waals surface area contributed by atoms with E-state index in [4.69, 9.17) is 56.2 Å². The van der Waals surface area contributed by atoms with E-state index in [1.807, 2.05) is 0 Å². The number of furan rings is 1. The molecule has 2 aromatic rings. The molecule has 1 aromatic heterocycles. The Labute approximate surface area is 175 Å². The predicted octanol–water partition coefficient (Wildman–Crippen LogP) is 3.48. The molecule has 0 bridgehead atoms. The highest BCUT2D eigenvalue weighted by Crippen LogP contribution is 2.29. The normalized spacial score (nSPS) is 12.0. The van der Waals surface area contributed by atoms with Crippen LogP contribution >= 0.6 is 47.0 Å². The largest absolute Gasteiger partial charge is 0.465 e. The summed E-state index contributed by atoms with van der Waals surface area (Å²) in [6.07, 6.45) is 0.146. The van der Waals surface area contributed by atoms with E-state index in [1.165, 1.54) is 19.4 Å². The molecular weight excluding hydrogens is 437 g/mol. The highest BCUT2D eigenvalue weighted by atomic mass is 35.6. The van der Waals surface area contributed by atoms with Gasteiger partial charge in [-0.25, -0.2) is 4.79 Å². The smallest absolute Gasteiger partial charge is 0.339 e. The Kier molecular flexibility index (Phi) is 7.32. The quantitative estimate of drug-likeness (QED) is 0.278. The lowest BCUT2D eigenvalue weighted by Gasteiger charge is -2.27. The highest BCUT2D eigenvalue weighted by Gasteiger charge is 2.35. The van der Waals surface area contributed by atoms with Crippen LogP contribution in [0.15, 0.2) is 47.1 Å². The van der Waals surface area contributed by atoms with Gasteiger partial charge in [0.15, 0.2) is 10.9 Å². The van der Waals surface area contributed by atoms with Crippen molar-refractivity contribution in [3.05, 3.63) is 54.0 Å². The molecule has 11 heteroatoms. The number of thiocarbonyl (C=S) groups is 1. The maximum absolute atomic E-state index is 12.1. The molecule has 144 valence electrons. The third-order valence-electron chi connectivity index (χ3n) is 3.20. The van der Waals surface area contributed by atoms with Crippen molar-refractivity contribution >= 4 is 69.7 Å². The second-order valence-electron chi connectivity index (χ2n) is 5.06. The maximum atomic E-state index is 12.1. The van der Waals surface area contributed by atoms with Crippen molar-refractivity contribution in [3.8, 4) is 0 Å². The van der Waals surface area contributed by atoms with Crippen molar-refractivity contribution < 1.29 is 18.7 Å². The number of carbonyl (C=O) groups excluding carboxylic acids is 2. The molecule has 1 atom stereocenters.